The molecule has 1 rings (SSSR count). The molecule has 0 heterocycles. The van der Waals surface area contributed by atoms with Crippen LogP contribution in [0, 0.1) is 0 Å². The summed E-state index contributed by atoms with van der Waals surface area (Å²) in [6.45, 7) is 2.33. The van der Waals surface area contributed by atoms with Crippen LogP contribution in [-0.4, -0.2) is 18.6 Å². The summed E-state index contributed by atoms with van der Waals surface area (Å²) in [6.07, 6.45) is -4.64. The highest BCUT2D eigenvalue weighted by Gasteiger charge is 2.29. The molecule has 0 atom stereocenters. The molecule has 0 aliphatic carbocycles. The second kappa shape index (κ2) is 5.70. The van der Waals surface area contributed by atoms with E-state index in [1.807, 2.05) is 6.92 Å². The Bertz CT molecular complexity index is 388. The van der Waals surface area contributed by atoms with Crippen LogP contribution < -0.4 is 5.32 Å². The van der Waals surface area contributed by atoms with Crippen molar-refractivity contribution >= 4 is 5.91 Å². The molecule has 17 heavy (non-hydrogen) atoms. The van der Waals surface area contributed by atoms with Crippen LogP contribution in [0.1, 0.15) is 29.3 Å². The quantitative estimate of drug-likeness (QED) is 0.868. The molecule has 5 heteroatoms. The van der Waals surface area contributed by atoms with Crippen molar-refractivity contribution in [3.05, 3.63) is 35.4 Å². The SMILES string of the molecule is CCCNC(=O)c1ccccc1CC(F)(F)F. The Morgan fingerprint density at radius 2 is 1.94 bits per heavy atom. The third-order valence-electron chi connectivity index (χ3n) is 2.19. The van der Waals surface area contributed by atoms with Crippen molar-refractivity contribution in [1.82, 2.24) is 5.32 Å². The van der Waals surface area contributed by atoms with Gasteiger partial charge in [0.15, 0.2) is 0 Å². The van der Waals surface area contributed by atoms with Gasteiger partial charge in [-0.2, -0.15) is 13.2 Å². The van der Waals surface area contributed by atoms with E-state index in [9.17, 15) is 18.0 Å². The van der Waals surface area contributed by atoms with Crippen LogP contribution in [0.15, 0.2) is 24.3 Å². The van der Waals surface area contributed by atoms with Crippen molar-refractivity contribution in [2.75, 3.05) is 6.54 Å². The third kappa shape index (κ3) is 4.46. The average Bonchev–Trinajstić information content (AvgIpc) is 2.24. The Hall–Kier alpha value is -1.52. The number of hydrogen-bond acceptors (Lipinski definition) is 1. The minimum absolute atomic E-state index is 0.00797. The summed E-state index contributed by atoms with van der Waals surface area (Å²) in [4.78, 5) is 11.6. The molecule has 1 aromatic rings. The largest absolute Gasteiger partial charge is 0.393 e. The van der Waals surface area contributed by atoms with E-state index in [1.165, 1.54) is 18.2 Å². The van der Waals surface area contributed by atoms with Crippen LogP contribution in [0.25, 0.3) is 0 Å². The first-order valence-electron chi connectivity index (χ1n) is 5.37. The van der Waals surface area contributed by atoms with E-state index in [1.54, 1.807) is 6.07 Å². The van der Waals surface area contributed by atoms with Gasteiger partial charge in [-0.25, -0.2) is 0 Å². The van der Waals surface area contributed by atoms with Crippen molar-refractivity contribution in [1.29, 1.82) is 0 Å². The molecule has 0 aliphatic rings. The van der Waals surface area contributed by atoms with Gasteiger partial charge >= 0.3 is 6.18 Å². The van der Waals surface area contributed by atoms with Gasteiger partial charge in [0, 0.05) is 12.1 Å². The van der Waals surface area contributed by atoms with E-state index in [0.717, 1.165) is 6.42 Å². The Labute approximate surface area is 97.8 Å². The molecular weight excluding hydrogens is 231 g/mol. The Balaban J connectivity index is 2.88. The molecule has 0 saturated heterocycles. The number of rotatable bonds is 4. The van der Waals surface area contributed by atoms with Crippen molar-refractivity contribution in [2.24, 2.45) is 0 Å². The molecule has 1 N–H and O–H groups in total. The van der Waals surface area contributed by atoms with E-state index < -0.39 is 18.5 Å². The number of benzene rings is 1. The van der Waals surface area contributed by atoms with Crippen molar-refractivity contribution < 1.29 is 18.0 Å². The van der Waals surface area contributed by atoms with Gasteiger partial charge in [-0.15, -0.1) is 0 Å². The number of halogens is 3. The summed E-state index contributed by atoms with van der Waals surface area (Å²) in [7, 11) is 0. The number of carbonyl (C=O) groups excluding carboxylic acids is 1. The van der Waals surface area contributed by atoms with Crippen LogP contribution >= 0.6 is 0 Å². The Morgan fingerprint density at radius 3 is 2.53 bits per heavy atom. The molecule has 0 bridgehead atoms. The highest BCUT2D eigenvalue weighted by molar-refractivity contribution is 5.95. The molecule has 1 amide bonds. The lowest BCUT2D eigenvalue weighted by Gasteiger charge is -2.11. The topological polar surface area (TPSA) is 29.1 Å². The summed E-state index contributed by atoms with van der Waals surface area (Å²) >= 11 is 0. The fourth-order valence-corrected chi connectivity index (χ4v) is 1.45. The van der Waals surface area contributed by atoms with Gasteiger partial charge in [-0.3, -0.25) is 4.79 Å². The second-order valence-electron chi connectivity index (χ2n) is 3.71. The second-order valence-corrected chi connectivity index (χ2v) is 3.71. The summed E-state index contributed by atoms with van der Waals surface area (Å²) in [5.74, 6) is -0.452. The molecule has 94 valence electrons. The van der Waals surface area contributed by atoms with Gasteiger partial charge in [0.2, 0.25) is 0 Å². The smallest absolute Gasteiger partial charge is 0.352 e. The monoisotopic (exact) mass is 245 g/mol. The zero-order chi connectivity index (χ0) is 12.9. The fraction of sp³-hybridized carbons (Fsp3) is 0.417. The summed E-state index contributed by atoms with van der Waals surface area (Å²) < 4.78 is 36.9. The average molecular weight is 245 g/mol. The molecule has 0 radical (unpaired) electrons. The molecule has 0 saturated carbocycles. The summed E-state index contributed by atoms with van der Waals surface area (Å²) in [6, 6.07) is 5.79. The lowest BCUT2D eigenvalue weighted by atomic mass is 10.0. The van der Waals surface area contributed by atoms with E-state index in [-0.39, 0.29) is 11.1 Å². The van der Waals surface area contributed by atoms with Crippen LogP contribution in [0.5, 0.6) is 0 Å². The molecule has 0 aliphatic heterocycles. The molecule has 0 aromatic heterocycles. The predicted molar refractivity (Wildman–Crippen MR) is 58.8 cm³/mol. The minimum atomic E-state index is -4.30. The van der Waals surface area contributed by atoms with Crippen LogP contribution in [0.2, 0.25) is 0 Å². The number of nitrogens with one attached hydrogen (secondary N) is 1. The van der Waals surface area contributed by atoms with Gasteiger partial charge in [0.1, 0.15) is 0 Å². The highest BCUT2D eigenvalue weighted by atomic mass is 19.4. The van der Waals surface area contributed by atoms with E-state index >= 15 is 0 Å². The van der Waals surface area contributed by atoms with Gasteiger partial charge in [0.05, 0.1) is 6.42 Å². The molecule has 0 unspecified atom stereocenters. The normalized spacial score (nSPS) is 11.3. The fourth-order valence-electron chi connectivity index (χ4n) is 1.45. The van der Waals surface area contributed by atoms with Crippen LogP contribution in [-0.2, 0) is 6.42 Å². The molecule has 0 fully saturated rings. The lowest BCUT2D eigenvalue weighted by Crippen LogP contribution is -2.26. The summed E-state index contributed by atoms with van der Waals surface area (Å²) in [5.41, 5.74) is 0.104. The van der Waals surface area contributed by atoms with Crippen molar-refractivity contribution in [3.63, 3.8) is 0 Å². The van der Waals surface area contributed by atoms with E-state index in [4.69, 9.17) is 0 Å². The number of alkyl halides is 3. The van der Waals surface area contributed by atoms with Gasteiger partial charge in [-0.1, -0.05) is 25.1 Å². The summed E-state index contributed by atoms with van der Waals surface area (Å²) in [5, 5.41) is 2.57. The first kappa shape index (κ1) is 13.5. The van der Waals surface area contributed by atoms with E-state index in [2.05, 4.69) is 5.32 Å². The minimum Gasteiger partial charge on any atom is -0.352 e. The molecular formula is C12H14F3NO. The predicted octanol–water partition coefficient (Wildman–Crippen LogP) is 2.93. The number of carbonyl (C=O) groups is 1. The van der Waals surface area contributed by atoms with Crippen molar-refractivity contribution in [2.45, 2.75) is 25.9 Å². The molecule has 1 aromatic carbocycles. The van der Waals surface area contributed by atoms with Crippen LogP contribution in [0.4, 0.5) is 13.2 Å². The third-order valence-corrected chi connectivity index (χ3v) is 2.19. The van der Waals surface area contributed by atoms with Crippen molar-refractivity contribution in [3.8, 4) is 0 Å². The Morgan fingerprint density at radius 1 is 1.29 bits per heavy atom. The Kier molecular flexibility index (Phi) is 4.54. The first-order chi connectivity index (χ1) is 7.94. The maximum absolute atomic E-state index is 12.3. The maximum Gasteiger partial charge on any atom is 0.393 e. The standard InChI is InChI=1S/C12H14F3NO/c1-2-7-16-11(17)10-6-4-3-5-9(10)8-12(13,14)15/h3-6H,2,7-8H2,1H3,(H,16,17). The number of hydrogen-bond donors (Lipinski definition) is 1. The zero-order valence-electron chi connectivity index (χ0n) is 9.47. The van der Waals surface area contributed by atoms with Crippen LogP contribution in [0.3, 0.4) is 0 Å². The maximum atomic E-state index is 12.3. The first-order valence-corrected chi connectivity index (χ1v) is 5.37. The molecule has 2 nitrogen and oxygen atoms in total. The molecule has 0 spiro atoms. The zero-order valence-corrected chi connectivity index (χ0v) is 9.47. The number of amides is 1. The lowest BCUT2D eigenvalue weighted by molar-refractivity contribution is -0.127. The van der Waals surface area contributed by atoms with Gasteiger partial charge in [0.25, 0.3) is 5.91 Å². The highest BCUT2D eigenvalue weighted by Crippen LogP contribution is 2.23. The van der Waals surface area contributed by atoms with E-state index in [0.29, 0.717) is 6.54 Å². The van der Waals surface area contributed by atoms with Gasteiger partial charge < -0.3 is 5.32 Å². The van der Waals surface area contributed by atoms with Gasteiger partial charge in [-0.05, 0) is 18.1 Å².